The minimum atomic E-state index is -0.709. The maximum absolute atomic E-state index is 13.4. The number of nitrogens with zero attached hydrogens (tertiary/aromatic N) is 3. The number of rotatable bonds is 5. The highest BCUT2D eigenvalue weighted by Crippen LogP contribution is 2.34. The number of nitrogens with two attached hydrogens (primary N) is 1. The van der Waals surface area contributed by atoms with Crippen LogP contribution in [0, 0.1) is 5.92 Å². The summed E-state index contributed by atoms with van der Waals surface area (Å²) in [5.74, 6) is -0.345. The minimum absolute atomic E-state index is 0.0688. The minimum Gasteiger partial charge on any atom is -0.363 e. The highest BCUT2D eigenvalue weighted by Gasteiger charge is 2.29. The SMILES string of the molecule is NC(=O)c1noc(CN2CCCC(C(=O)c3ccc4c5c(cccc35)CC4)C2)n1. The van der Waals surface area contributed by atoms with Crippen molar-refractivity contribution in [3.63, 3.8) is 0 Å². The molecule has 7 heteroatoms. The molecule has 0 radical (unpaired) electrons. The number of amides is 1. The highest BCUT2D eigenvalue weighted by molar-refractivity contribution is 6.11. The average molecular weight is 390 g/mol. The van der Waals surface area contributed by atoms with Gasteiger partial charge in [-0.3, -0.25) is 14.5 Å². The molecule has 0 spiro atoms. The van der Waals surface area contributed by atoms with Gasteiger partial charge in [-0.1, -0.05) is 35.5 Å². The van der Waals surface area contributed by atoms with Crippen LogP contribution in [-0.2, 0) is 19.4 Å². The number of aryl methyl sites for hydroxylation is 2. The molecule has 5 rings (SSSR count). The first kappa shape index (κ1) is 18.0. The van der Waals surface area contributed by atoms with Gasteiger partial charge >= 0.3 is 0 Å². The largest absolute Gasteiger partial charge is 0.363 e. The lowest BCUT2D eigenvalue weighted by molar-refractivity contribution is 0.0798. The summed E-state index contributed by atoms with van der Waals surface area (Å²) in [6.45, 7) is 1.89. The standard InChI is InChI=1S/C22H22N4O3/c23-21(28)22-24-18(29-25-22)12-26-10-2-4-15(11-26)20(27)17-9-8-14-7-6-13-3-1-5-16(17)19(13)14/h1,3,5,8-9,15H,2,4,6-7,10-12H2,(H2,23,28). The van der Waals surface area contributed by atoms with Crippen molar-refractivity contribution in [2.75, 3.05) is 13.1 Å². The topological polar surface area (TPSA) is 102 Å². The Morgan fingerprint density at radius 2 is 2.00 bits per heavy atom. The normalized spacial score (nSPS) is 19.0. The van der Waals surface area contributed by atoms with Crippen LogP contribution in [0.4, 0.5) is 0 Å². The van der Waals surface area contributed by atoms with Crippen LogP contribution in [0.2, 0.25) is 0 Å². The van der Waals surface area contributed by atoms with Crippen molar-refractivity contribution in [3.8, 4) is 0 Å². The van der Waals surface area contributed by atoms with Crippen molar-refractivity contribution in [2.45, 2.75) is 32.2 Å². The van der Waals surface area contributed by atoms with Crippen LogP contribution in [0.3, 0.4) is 0 Å². The molecular formula is C22H22N4O3. The van der Waals surface area contributed by atoms with Gasteiger partial charge in [0, 0.05) is 18.0 Å². The second kappa shape index (κ2) is 7.08. The third kappa shape index (κ3) is 3.21. The monoisotopic (exact) mass is 390 g/mol. The molecule has 2 heterocycles. The molecule has 1 fully saturated rings. The van der Waals surface area contributed by atoms with E-state index in [1.54, 1.807) is 0 Å². The van der Waals surface area contributed by atoms with Gasteiger partial charge in [0.1, 0.15) is 0 Å². The van der Waals surface area contributed by atoms with Gasteiger partial charge in [0.2, 0.25) is 5.89 Å². The molecule has 1 atom stereocenters. The zero-order valence-electron chi connectivity index (χ0n) is 16.1. The second-order valence-electron chi connectivity index (χ2n) is 7.93. The fourth-order valence-electron chi connectivity index (χ4n) is 4.71. The molecule has 29 heavy (non-hydrogen) atoms. The van der Waals surface area contributed by atoms with E-state index in [1.807, 2.05) is 6.07 Å². The van der Waals surface area contributed by atoms with Crippen LogP contribution in [0.15, 0.2) is 34.9 Å². The Morgan fingerprint density at radius 1 is 1.17 bits per heavy atom. The van der Waals surface area contributed by atoms with E-state index in [0.717, 1.165) is 43.2 Å². The summed E-state index contributed by atoms with van der Waals surface area (Å²) in [4.78, 5) is 30.7. The van der Waals surface area contributed by atoms with Crippen molar-refractivity contribution in [3.05, 3.63) is 58.7 Å². The van der Waals surface area contributed by atoms with Crippen LogP contribution in [0.5, 0.6) is 0 Å². The zero-order chi connectivity index (χ0) is 20.0. The average Bonchev–Trinajstić information content (AvgIpc) is 3.37. The van der Waals surface area contributed by atoms with Crippen molar-refractivity contribution in [1.29, 1.82) is 0 Å². The predicted molar refractivity (Wildman–Crippen MR) is 107 cm³/mol. The van der Waals surface area contributed by atoms with Crippen LogP contribution in [0.1, 0.15) is 50.8 Å². The number of primary amides is 1. The van der Waals surface area contributed by atoms with Crippen molar-refractivity contribution in [1.82, 2.24) is 15.0 Å². The lowest BCUT2D eigenvalue weighted by atomic mass is 9.87. The highest BCUT2D eigenvalue weighted by atomic mass is 16.5. The molecule has 3 aromatic rings. The fraction of sp³-hybridized carbons (Fsp3) is 0.364. The molecule has 1 saturated heterocycles. The van der Waals surface area contributed by atoms with Crippen LogP contribution in [0.25, 0.3) is 10.8 Å². The predicted octanol–water partition coefficient (Wildman–Crippen LogP) is 2.52. The summed E-state index contributed by atoms with van der Waals surface area (Å²) >= 11 is 0. The molecule has 0 bridgehead atoms. The van der Waals surface area contributed by atoms with Crippen LogP contribution in [-0.4, -0.2) is 39.8 Å². The first-order valence-corrected chi connectivity index (χ1v) is 10.0. The summed E-state index contributed by atoms with van der Waals surface area (Å²) in [5.41, 5.74) is 8.69. The molecule has 1 amide bonds. The van der Waals surface area contributed by atoms with Crippen molar-refractivity contribution in [2.24, 2.45) is 11.7 Å². The Hall–Kier alpha value is -3.06. The molecule has 148 valence electrons. The third-order valence-corrected chi connectivity index (χ3v) is 6.07. The van der Waals surface area contributed by atoms with Gasteiger partial charge < -0.3 is 10.3 Å². The Morgan fingerprint density at radius 3 is 2.79 bits per heavy atom. The van der Waals surface area contributed by atoms with Crippen LogP contribution < -0.4 is 5.73 Å². The second-order valence-corrected chi connectivity index (χ2v) is 7.93. The van der Waals surface area contributed by atoms with E-state index in [1.165, 1.54) is 16.5 Å². The summed E-state index contributed by atoms with van der Waals surface area (Å²) in [5, 5.41) is 5.94. The van der Waals surface area contributed by atoms with E-state index < -0.39 is 5.91 Å². The molecule has 2 aliphatic rings. The molecule has 2 N–H and O–H groups in total. The zero-order valence-corrected chi connectivity index (χ0v) is 16.1. The fourth-order valence-corrected chi connectivity index (χ4v) is 4.71. The quantitative estimate of drug-likeness (QED) is 0.672. The molecule has 1 aliphatic heterocycles. The van der Waals surface area contributed by atoms with Gasteiger partial charge in [0.15, 0.2) is 5.78 Å². The van der Waals surface area contributed by atoms with E-state index in [2.05, 4.69) is 39.3 Å². The Kier molecular flexibility index (Phi) is 4.39. The first-order chi connectivity index (χ1) is 14.1. The third-order valence-electron chi connectivity index (χ3n) is 6.07. The van der Waals surface area contributed by atoms with Gasteiger partial charge in [0.25, 0.3) is 11.7 Å². The van der Waals surface area contributed by atoms with Crippen LogP contribution >= 0.6 is 0 Å². The first-order valence-electron chi connectivity index (χ1n) is 10.0. The van der Waals surface area contributed by atoms with E-state index >= 15 is 0 Å². The smallest absolute Gasteiger partial charge is 0.290 e. The number of Topliss-reactive ketones (excluding diaryl/α,β-unsaturated/α-hetero) is 1. The van der Waals surface area contributed by atoms with Gasteiger partial charge in [-0.25, -0.2) is 0 Å². The maximum Gasteiger partial charge on any atom is 0.290 e. The lowest BCUT2D eigenvalue weighted by Gasteiger charge is -2.31. The Balaban J connectivity index is 1.36. The van der Waals surface area contributed by atoms with Gasteiger partial charge in [-0.05, 0) is 54.1 Å². The summed E-state index contributed by atoms with van der Waals surface area (Å²) in [6, 6.07) is 10.4. The number of hydrogen-bond acceptors (Lipinski definition) is 6. The number of carbonyl (C=O) groups excluding carboxylic acids is 2. The Bertz CT molecular complexity index is 1110. The summed E-state index contributed by atoms with van der Waals surface area (Å²) < 4.78 is 5.11. The molecular weight excluding hydrogens is 368 g/mol. The van der Waals surface area contributed by atoms with Crippen molar-refractivity contribution < 1.29 is 14.1 Å². The number of hydrogen-bond donors (Lipinski definition) is 1. The number of benzene rings is 2. The molecule has 2 aromatic carbocycles. The molecule has 0 saturated carbocycles. The molecule has 1 aliphatic carbocycles. The maximum atomic E-state index is 13.4. The summed E-state index contributed by atoms with van der Waals surface area (Å²) in [6.07, 6.45) is 3.90. The molecule has 1 unspecified atom stereocenters. The van der Waals surface area contributed by atoms with Gasteiger partial charge in [0.05, 0.1) is 6.54 Å². The van der Waals surface area contributed by atoms with E-state index in [-0.39, 0.29) is 17.5 Å². The number of aromatic nitrogens is 2. The number of carbonyl (C=O) groups is 2. The van der Waals surface area contributed by atoms with E-state index in [0.29, 0.717) is 19.0 Å². The molecule has 7 nitrogen and oxygen atoms in total. The lowest BCUT2D eigenvalue weighted by Crippen LogP contribution is -2.38. The molecule has 1 aromatic heterocycles. The number of likely N-dealkylation sites (tertiary alicyclic amines) is 1. The number of piperidine rings is 1. The van der Waals surface area contributed by atoms with Gasteiger partial charge in [-0.15, -0.1) is 0 Å². The Labute approximate surface area is 167 Å². The van der Waals surface area contributed by atoms with E-state index in [9.17, 15) is 9.59 Å². The summed E-state index contributed by atoms with van der Waals surface area (Å²) in [7, 11) is 0. The van der Waals surface area contributed by atoms with Gasteiger partial charge in [-0.2, -0.15) is 4.98 Å². The van der Waals surface area contributed by atoms with Crippen molar-refractivity contribution >= 4 is 22.5 Å². The van der Waals surface area contributed by atoms with E-state index in [4.69, 9.17) is 10.3 Å². The number of ketones is 1.